The SMILES string of the molecule is CN1CCN(C(=O)Nc2ccnn2C)CC1. The van der Waals surface area contributed by atoms with Gasteiger partial charge in [0, 0.05) is 39.3 Å². The minimum Gasteiger partial charge on any atom is -0.322 e. The largest absolute Gasteiger partial charge is 0.323 e. The zero-order valence-corrected chi connectivity index (χ0v) is 9.68. The minimum absolute atomic E-state index is 0.0447. The number of amides is 2. The second-order valence-corrected chi connectivity index (χ2v) is 4.06. The van der Waals surface area contributed by atoms with E-state index in [-0.39, 0.29) is 6.03 Å². The van der Waals surface area contributed by atoms with Crippen molar-refractivity contribution in [2.75, 3.05) is 38.5 Å². The molecule has 1 aromatic rings. The lowest BCUT2D eigenvalue weighted by Crippen LogP contribution is -2.48. The number of hydrogen-bond donors (Lipinski definition) is 1. The second kappa shape index (κ2) is 4.52. The third-order valence-electron chi connectivity index (χ3n) is 2.85. The van der Waals surface area contributed by atoms with E-state index >= 15 is 0 Å². The summed E-state index contributed by atoms with van der Waals surface area (Å²) in [4.78, 5) is 15.9. The number of carbonyl (C=O) groups is 1. The molecule has 0 aliphatic carbocycles. The topological polar surface area (TPSA) is 53.4 Å². The van der Waals surface area contributed by atoms with Crippen molar-refractivity contribution in [3.05, 3.63) is 12.3 Å². The van der Waals surface area contributed by atoms with Crippen LogP contribution in [-0.2, 0) is 7.05 Å². The van der Waals surface area contributed by atoms with Gasteiger partial charge < -0.3 is 9.80 Å². The molecule has 0 atom stereocenters. The van der Waals surface area contributed by atoms with E-state index in [1.54, 1.807) is 24.0 Å². The van der Waals surface area contributed by atoms with Crippen LogP contribution in [0.3, 0.4) is 0 Å². The van der Waals surface area contributed by atoms with Gasteiger partial charge in [-0.2, -0.15) is 5.10 Å². The number of hydrogen-bond acceptors (Lipinski definition) is 3. The Balaban J connectivity index is 1.91. The van der Waals surface area contributed by atoms with E-state index < -0.39 is 0 Å². The lowest BCUT2D eigenvalue weighted by Gasteiger charge is -2.32. The number of urea groups is 1. The van der Waals surface area contributed by atoms with Crippen molar-refractivity contribution < 1.29 is 4.79 Å². The second-order valence-electron chi connectivity index (χ2n) is 4.06. The maximum absolute atomic E-state index is 11.9. The number of aryl methyl sites for hydroxylation is 1. The fourth-order valence-corrected chi connectivity index (χ4v) is 1.69. The number of nitrogens with zero attached hydrogens (tertiary/aromatic N) is 4. The smallest absolute Gasteiger partial charge is 0.322 e. The Bertz CT molecular complexity index is 367. The summed E-state index contributed by atoms with van der Waals surface area (Å²) in [6.07, 6.45) is 1.67. The van der Waals surface area contributed by atoms with Crippen LogP contribution >= 0.6 is 0 Å². The van der Waals surface area contributed by atoms with Gasteiger partial charge in [-0.1, -0.05) is 0 Å². The van der Waals surface area contributed by atoms with Crippen LogP contribution in [0, 0.1) is 0 Å². The molecule has 2 amide bonds. The number of nitrogens with one attached hydrogen (secondary N) is 1. The molecular weight excluding hydrogens is 206 g/mol. The van der Waals surface area contributed by atoms with Gasteiger partial charge in [0.2, 0.25) is 0 Å². The first kappa shape index (κ1) is 10.9. The molecule has 6 heteroatoms. The van der Waals surface area contributed by atoms with Crippen molar-refractivity contribution in [1.82, 2.24) is 19.6 Å². The Morgan fingerprint density at radius 3 is 2.56 bits per heavy atom. The molecule has 1 aliphatic heterocycles. The van der Waals surface area contributed by atoms with Gasteiger partial charge in [0.15, 0.2) is 0 Å². The van der Waals surface area contributed by atoms with E-state index in [1.165, 1.54) is 0 Å². The van der Waals surface area contributed by atoms with Gasteiger partial charge in [-0.15, -0.1) is 0 Å². The average Bonchev–Trinajstić information content (AvgIpc) is 2.65. The lowest BCUT2D eigenvalue weighted by molar-refractivity contribution is 0.164. The number of piperazine rings is 1. The molecule has 0 aromatic carbocycles. The highest BCUT2D eigenvalue weighted by molar-refractivity contribution is 5.88. The lowest BCUT2D eigenvalue weighted by atomic mass is 10.3. The Morgan fingerprint density at radius 2 is 2.00 bits per heavy atom. The zero-order valence-electron chi connectivity index (χ0n) is 9.68. The van der Waals surface area contributed by atoms with Crippen LogP contribution in [0.4, 0.5) is 10.6 Å². The molecule has 1 aliphatic rings. The number of carbonyl (C=O) groups excluding carboxylic acids is 1. The van der Waals surface area contributed by atoms with E-state index in [2.05, 4.69) is 22.4 Å². The Labute approximate surface area is 94.8 Å². The number of anilines is 1. The van der Waals surface area contributed by atoms with Gasteiger partial charge in [0.25, 0.3) is 0 Å². The molecule has 1 aromatic heterocycles. The Kier molecular flexibility index (Phi) is 3.09. The van der Waals surface area contributed by atoms with E-state index in [1.807, 2.05) is 4.90 Å². The first-order chi connectivity index (χ1) is 7.66. The zero-order chi connectivity index (χ0) is 11.5. The van der Waals surface area contributed by atoms with Crippen LogP contribution in [-0.4, -0.2) is 58.8 Å². The standard InChI is InChI=1S/C10H17N5O/c1-13-5-7-15(8-6-13)10(16)12-9-3-4-11-14(9)2/h3-4H,5-8H2,1-2H3,(H,12,16). The highest BCUT2D eigenvalue weighted by atomic mass is 16.2. The molecule has 0 radical (unpaired) electrons. The molecule has 1 saturated heterocycles. The maximum atomic E-state index is 11.9. The van der Waals surface area contributed by atoms with Gasteiger partial charge in [-0.25, -0.2) is 4.79 Å². The summed E-state index contributed by atoms with van der Waals surface area (Å²) < 4.78 is 1.65. The summed E-state index contributed by atoms with van der Waals surface area (Å²) >= 11 is 0. The van der Waals surface area contributed by atoms with Crippen molar-refractivity contribution in [1.29, 1.82) is 0 Å². The van der Waals surface area contributed by atoms with Crippen molar-refractivity contribution in [2.45, 2.75) is 0 Å². The first-order valence-electron chi connectivity index (χ1n) is 5.39. The molecule has 1 fully saturated rings. The van der Waals surface area contributed by atoms with E-state index in [9.17, 15) is 4.79 Å². The van der Waals surface area contributed by atoms with Crippen molar-refractivity contribution >= 4 is 11.8 Å². The first-order valence-corrected chi connectivity index (χ1v) is 5.39. The molecule has 6 nitrogen and oxygen atoms in total. The van der Waals surface area contributed by atoms with Gasteiger partial charge >= 0.3 is 6.03 Å². The highest BCUT2D eigenvalue weighted by Gasteiger charge is 2.19. The molecule has 2 rings (SSSR count). The average molecular weight is 223 g/mol. The molecule has 88 valence electrons. The van der Waals surface area contributed by atoms with E-state index in [0.717, 1.165) is 32.0 Å². The summed E-state index contributed by atoms with van der Waals surface area (Å²) in [5.74, 6) is 0.726. The molecule has 2 heterocycles. The molecule has 0 saturated carbocycles. The van der Waals surface area contributed by atoms with Crippen molar-refractivity contribution in [3.63, 3.8) is 0 Å². The van der Waals surface area contributed by atoms with E-state index in [4.69, 9.17) is 0 Å². The summed E-state index contributed by atoms with van der Waals surface area (Å²) in [6.45, 7) is 3.41. The van der Waals surface area contributed by atoms with Gasteiger partial charge in [0.05, 0.1) is 6.20 Å². The molecule has 0 unspecified atom stereocenters. The van der Waals surface area contributed by atoms with Crippen LogP contribution < -0.4 is 5.32 Å². The predicted molar refractivity (Wildman–Crippen MR) is 61.3 cm³/mol. The Morgan fingerprint density at radius 1 is 1.31 bits per heavy atom. The Hall–Kier alpha value is -1.56. The van der Waals surface area contributed by atoms with Crippen LogP contribution in [0.5, 0.6) is 0 Å². The third kappa shape index (κ3) is 2.33. The van der Waals surface area contributed by atoms with Crippen LogP contribution in [0.1, 0.15) is 0 Å². The minimum atomic E-state index is -0.0447. The van der Waals surface area contributed by atoms with Crippen molar-refractivity contribution in [3.8, 4) is 0 Å². The third-order valence-corrected chi connectivity index (χ3v) is 2.85. The molecule has 1 N–H and O–H groups in total. The maximum Gasteiger partial charge on any atom is 0.323 e. The number of rotatable bonds is 1. The van der Waals surface area contributed by atoms with Gasteiger partial charge in [-0.05, 0) is 7.05 Å². The molecular formula is C10H17N5O. The van der Waals surface area contributed by atoms with Gasteiger partial charge in [-0.3, -0.25) is 10.00 Å². The summed E-state index contributed by atoms with van der Waals surface area (Å²) in [7, 11) is 3.87. The van der Waals surface area contributed by atoms with Crippen LogP contribution in [0.2, 0.25) is 0 Å². The molecule has 16 heavy (non-hydrogen) atoms. The molecule has 0 spiro atoms. The normalized spacial score (nSPS) is 17.5. The van der Waals surface area contributed by atoms with Crippen LogP contribution in [0.15, 0.2) is 12.3 Å². The molecule has 0 bridgehead atoms. The van der Waals surface area contributed by atoms with Crippen molar-refractivity contribution in [2.24, 2.45) is 7.05 Å². The summed E-state index contributed by atoms with van der Waals surface area (Å²) in [5, 5.41) is 6.85. The number of likely N-dealkylation sites (N-methyl/N-ethyl adjacent to an activating group) is 1. The fraction of sp³-hybridized carbons (Fsp3) is 0.600. The predicted octanol–water partition coefficient (Wildman–Crippen LogP) is 0.199. The van der Waals surface area contributed by atoms with E-state index in [0.29, 0.717) is 0 Å². The monoisotopic (exact) mass is 223 g/mol. The number of aromatic nitrogens is 2. The summed E-state index contributed by atoms with van der Waals surface area (Å²) in [6, 6.07) is 1.74. The van der Waals surface area contributed by atoms with Crippen LogP contribution in [0.25, 0.3) is 0 Å². The summed E-state index contributed by atoms with van der Waals surface area (Å²) in [5.41, 5.74) is 0. The quantitative estimate of drug-likeness (QED) is 0.740. The highest BCUT2D eigenvalue weighted by Crippen LogP contribution is 2.06. The fourth-order valence-electron chi connectivity index (χ4n) is 1.69. The van der Waals surface area contributed by atoms with Gasteiger partial charge in [0.1, 0.15) is 5.82 Å².